The van der Waals surface area contributed by atoms with E-state index >= 15 is 0 Å². The van der Waals surface area contributed by atoms with E-state index in [-0.39, 0.29) is 5.41 Å². The van der Waals surface area contributed by atoms with Gasteiger partial charge in [-0.05, 0) is 13.0 Å². The molecule has 0 aromatic carbocycles. The normalized spacial score (nSPS) is 24.1. The number of imidazole rings is 1. The maximum atomic E-state index is 4.27. The zero-order chi connectivity index (χ0) is 11.7. The first-order valence-corrected chi connectivity index (χ1v) is 5.78. The topological polar surface area (TPSA) is 55.6 Å². The fraction of sp³-hybridized carbons (Fsp3) is 0.417. The molecule has 1 aliphatic rings. The molecule has 1 fully saturated rings. The summed E-state index contributed by atoms with van der Waals surface area (Å²) in [5.74, 6) is 0. The molecule has 5 heteroatoms. The van der Waals surface area contributed by atoms with Gasteiger partial charge < -0.3 is 5.32 Å². The van der Waals surface area contributed by atoms with Crippen molar-refractivity contribution in [3.63, 3.8) is 0 Å². The van der Waals surface area contributed by atoms with Crippen LogP contribution in [0.5, 0.6) is 0 Å². The predicted molar refractivity (Wildman–Crippen MR) is 64.0 cm³/mol. The minimum atomic E-state index is 0.145. The first-order valence-electron chi connectivity index (χ1n) is 5.78. The molecule has 2 aromatic rings. The van der Waals surface area contributed by atoms with Gasteiger partial charge in [0.2, 0.25) is 0 Å². The van der Waals surface area contributed by atoms with Crippen LogP contribution < -0.4 is 5.32 Å². The molecule has 0 radical (unpaired) electrons. The van der Waals surface area contributed by atoms with Gasteiger partial charge in [0.1, 0.15) is 6.33 Å². The quantitative estimate of drug-likeness (QED) is 0.831. The Morgan fingerprint density at radius 1 is 1.24 bits per heavy atom. The van der Waals surface area contributed by atoms with Crippen LogP contribution in [0.25, 0.3) is 5.69 Å². The summed E-state index contributed by atoms with van der Waals surface area (Å²) in [6, 6.07) is 0. The van der Waals surface area contributed by atoms with Gasteiger partial charge >= 0.3 is 0 Å². The minimum absolute atomic E-state index is 0.145. The summed E-state index contributed by atoms with van der Waals surface area (Å²) in [5.41, 5.74) is 2.33. The zero-order valence-electron chi connectivity index (χ0n) is 9.80. The monoisotopic (exact) mass is 229 g/mol. The van der Waals surface area contributed by atoms with E-state index in [1.807, 2.05) is 24.9 Å². The van der Waals surface area contributed by atoms with Crippen LogP contribution in [0.1, 0.15) is 19.0 Å². The van der Waals surface area contributed by atoms with Crippen LogP contribution in [0.4, 0.5) is 0 Å². The molecule has 0 spiro atoms. The molecule has 0 saturated carbocycles. The first kappa shape index (κ1) is 10.4. The van der Waals surface area contributed by atoms with Crippen LogP contribution in [0, 0.1) is 0 Å². The second kappa shape index (κ2) is 3.92. The van der Waals surface area contributed by atoms with Crippen LogP contribution in [0.15, 0.2) is 31.2 Å². The van der Waals surface area contributed by atoms with E-state index in [2.05, 4.69) is 31.8 Å². The highest BCUT2D eigenvalue weighted by Gasteiger charge is 2.33. The van der Waals surface area contributed by atoms with Crippen LogP contribution in [0.3, 0.4) is 0 Å². The molecular formula is C12H15N5. The van der Waals surface area contributed by atoms with Gasteiger partial charge in [-0.3, -0.25) is 4.57 Å². The Labute approximate surface area is 99.9 Å². The van der Waals surface area contributed by atoms with Gasteiger partial charge in [-0.15, -0.1) is 0 Å². The molecule has 1 saturated heterocycles. The summed E-state index contributed by atoms with van der Waals surface area (Å²) in [5, 5.41) is 3.41. The Kier molecular flexibility index (Phi) is 2.40. The van der Waals surface area contributed by atoms with E-state index in [9.17, 15) is 0 Å². The van der Waals surface area contributed by atoms with Gasteiger partial charge in [0, 0.05) is 23.9 Å². The highest BCUT2D eigenvalue weighted by atomic mass is 15.1. The fourth-order valence-electron chi connectivity index (χ4n) is 2.40. The molecule has 88 valence electrons. The van der Waals surface area contributed by atoms with Crippen molar-refractivity contribution in [2.24, 2.45) is 0 Å². The molecular weight excluding hydrogens is 214 g/mol. The summed E-state index contributed by atoms with van der Waals surface area (Å²) in [7, 11) is 0. The standard InChI is InChI=1S/C12H15N5/c1-12(2-3-13-7-12)11-6-16-9-17(11)10-4-14-8-15-5-10/h4-6,8-9,13H,2-3,7H2,1H3. The third-order valence-electron chi connectivity index (χ3n) is 3.45. The Balaban J connectivity index is 2.05. The Morgan fingerprint density at radius 2 is 2.06 bits per heavy atom. The molecule has 1 aliphatic heterocycles. The largest absolute Gasteiger partial charge is 0.316 e. The average Bonchev–Trinajstić information content (AvgIpc) is 2.99. The van der Waals surface area contributed by atoms with Crippen molar-refractivity contribution in [2.45, 2.75) is 18.8 Å². The van der Waals surface area contributed by atoms with Crippen LogP contribution >= 0.6 is 0 Å². The molecule has 0 bridgehead atoms. The van der Waals surface area contributed by atoms with Gasteiger partial charge in [0.05, 0.1) is 24.4 Å². The third-order valence-corrected chi connectivity index (χ3v) is 3.45. The Hall–Kier alpha value is -1.75. The van der Waals surface area contributed by atoms with Gasteiger partial charge in [0.15, 0.2) is 0 Å². The lowest BCUT2D eigenvalue weighted by Crippen LogP contribution is -2.27. The van der Waals surface area contributed by atoms with E-state index in [0.29, 0.717) is 0 Å². The van der Waals surface area contributed by atoms with Crippen molar-refractivity contribution in [3.05, 3.63) is 36.9 Å². The number of aromatic nitrogens is 4. The highest BCUT2D eigenvalue weighted by molar-refractivity contribution is 5.31. The van der Waals surface area contributed by atoms with Crippen LogP contribution in [-0.4, -0.2) is 32.6 Å². The highest BCUT2D eigenvalue weighted by Crippen LogP contribution is 2.30. The van der Waals surface area contributed by atoms with Gasteiger partial charge in [-0.25, -0.2) is 15.0 Å². The SMILES string of the molecule is CC1(c2cncn2-c2cncnc2)CCNC1. The van der Waals surface area contributed by atoms with Crippen LogP contribution in [-0.2, 0) is 5.41 Å². The van der Waals surface area contributed by atoms with Crippen molar-refractivity contribution < 1.29 is 0 Å². The second-order valence-electron chi connectivity index (χ2n) is 4.73. The van der Waals surface area contributed by atoms with Crippen molar-refractivity contribution in [1.29, 1.82) is 0 Å². The summed E-state index contributed by atoms with van der Waals surface area (Å²) >= 11 is 0. The third kappa shape index (κ3) is 1.72. The lowest BCUT2D eigenvalue weighted by Gasteiger charge is -2.23. The van der Waals surface area contributed by atoms with Crippen molar-refractivity contribution in [2.75, 3.05) is 13.1 Å². The van der Waals surface area contributed by atoms with Crippen molar-refractivity contribution in [3.8, 4) is 5.69 Å². The summed E-state index contributed by atoms with van der Waals surface area (Å²) in [4.78, 5) is 12.4. The molecule has 1 unspecified atom stereocenters. The number of nitrogens with one attached hydrogen (secondary N) is 1. The molecule has 0 aliphatic carbocycles. The van der Waals surface area contributed by atoms with E-state index in [0.717, 1.165) is 25.2 Å². The molecule has 1 atom stereocenters. The molecule has 3 rings (SSSR count). The smallest absolute Gasteiger partial charge is 0.115 e. The van der Waals surface area contributed by atoms with E-state index in [4.69, 9.17) is 0 Å². The maximum absolute atomic E-state index is 4.27. The number of hydrogen-bond donors (Lipinski definition) is 1. The summed E-state index contributed by atoms with van der Waals surface area (Å²) in [6.45, 7) is 4.32. The zero-order valence-corrected chi connectivity index (χ0v) is 9.80. The first-order chi connectivity index (χ1) is 8.30. The molecule has 2 aromatic heterocycles. The Morgan fingerprint density at radius 3 is 2.76 bits per heavy atom. The molecule has 5 nitrogen and oxygen atoms in total. The number of nitrogens with zero attached hydrogens (tertiary/aromatic N) is 4. The van der Waals surface area contributed by atoms with Crippen molar-refractivity contribution in [1.82, 2.24) is 24.8 Å². The summed E-state index contributed by atoms with van der Waals surface area (Å²) in [6.07, 6.45) is 10.1. The van der Waals surface area contributed by atoms with E-state index < -0.39 is 0 Å². The summed E-state index contributed by atoms with van der Waals surface area (Å²) < 4.78 is 2.08. The number of rotatable bonds is 2. The minimum Gasteiger partial charge on any atom is -0.316 e. The number of hydrogen-bond acceptors (Lipinski definition) is 4. The predicted octanol–water partition coefficient (Wildman–Crippen LogP) is 0.913. The second-order valence-corrected chi connectivity index (χ2v) is 4.73. The molecule has 1 N–H and O–H groups in total. The molecule has 3 heterocycles. The van der Waals surface area contributed by atoms with Gasteiger partial charge in [-0.2, -0.15) is 0 Å². The van der Waals surface area contributed by atoms with E-state index in [1.54, 1.807) is 6.33 Å². The van der Waals surface area contributed by atoms with Gasteiger partial charge in [0.25, 0.3) is 0 Å². The van der Waals surface area contributed by atoms with Crippen LogP contribution in [0.2, 0.25) is 0 Å². The lowest BCUT2D eigenvalue weighted by molar-refractivity contribution is 0.498. The van der Waals surface area contributed by atoms with E-state index in [1.165, 1.54) is 5.69 Å². The average molecular weight is 229 g/mol. The Bertz CT molecular complexity index is 499. The maximum Gasteiger partial charge on any atom is 0.115 e. The lowest BCUT2D eigenvalue weighted by atomic mass is 9.86. The molecule has 17 heavy (non-hydrogen) atoms. The van der Waals surface area contributed by atoms with Crippen molar-refractivity contribution >= 4 is 0 Å². The fourth-order valence-corrected chi connectivity index (χ4v) is 2.40. The van der Waals surface area contributed by atoms with Gasteiger partial charge in [-0.1, -0.05) is 6.92 Å². The molecule has 0 amide bonds.